The summed E-state index contributed by atoms with van der Waals surface area (Å²) in [6.07, 6.45) is 0. The van der Waals surface area contributed by atoms with E-state index in [2.05, 4.69) is 109 Å². The van der Waals surface area contributed by atoms with Crippen LogP contribution >= 0.6 is 12.0 Å². The van der Waals surface area contributed by atoms with Gasteiger partial charge in [0.05, 0.1) is 12.0 Å². The average molecular weight is 571 g/mol. The third-order valence-electron chi connectivity index (χ3n) is 8.90. The van der Waals surface area contributed by atoms with Gasteiger partial charge in [-0.25, -0.2) is 0 Å². The Morgan fingerprint density at radius 2 is 0.884 bits per heavy atom. The molecule has 2 bridgehead atoms. The van der Waals surface area contributed by atoms with Gasteiger partial charge in [0.2, 0.25) is 0 Å². The van der Waals surface area contributed by atoms with Crippen molar-refractivity contribution in [1.82, 2.24) is 0 Å². The zero-order valence-corrected chi connectivity index (χ0v) is 24.1. The molecule has 0 unspecified atom stereocenters. The van der Waals surface area contributed by atoms with Gasteiger partial charge < -0.3 is 8.92 Å². The third-order valence-corrected chi connectivity index (χ3v) is 9.61. The summed E-state index contributed by atoms with van der Waals surface area (Å²) in [6, 6.07) is 51.5. The minimum Gasteiger partial charge on any atom is -0.456 e. The molecule has 10 rings (SSSR count). The molecule has 0 aromatic heterocycles. The standard InChI is InChI=1S/C40H26O2S/c1-3-15-27(16-4-1)41-39-33-23-25-13-7-8-14-26(25)24-34(33)40(42-43-28-17-5-2-6-18-28)38-36-31-21-11-9-19-29(31)35(37(38)39)30-20-10-12-22-32(30)36/h1-24,35-36H. The van der Waals surface area contributed by atoms with Crippen molar-refractivity contribution in [2.75, 3.05) is 0 Å². The van der Waals surface area contributed by atoms with E-state index >= 15 is 0 Å². The minimum atomic E-state index is 0.0334. The summed E-state index contributed by atoms with van der Waals surface area (Å²) in [7, 11) is 0. The molecule has 0 heterocycles. The van der Waals surface area contributed by atoms with E-state index in [0.717, 1.165) is 32.9 Å². The Morgan fingerprint density at radius 3 is 1.44 bits per heavy atom. The van der Waals surface area contributed by atoms with Crippen LogP contribution in [0, 0.1) is 0 Å². The van der Waals surface area contributed by atoms with Crippen molar-refractivity contribution in [3.05, 3.63) is 179 Å². The normalized spacial score (nSPS) is 16.0. The summed E-state index contributed by atoms with van der Waals surface area (Å²) in [5.74, 6) is 2.73. The van der Waals surface area contributed by atoms with Crippen LogP contribution in [0.2, 0.25) is 0 Å². The molecule has 0 atom stereocenters. The first kappa shape index (κ1) is 24.6. The Hall–Kier alpha value is -4.99. The summed E-state index contributed by atoms with van der Waals surface area (Å²) >= 11 is 1.43. The van der Waals surface area contributed by atoms with Crippen LogP contribution in [0.5, 0.6) is 17.2 Å². The fourth-order valence-electron chi connectivity index (χ4n) is 7.13. The summed E-state index contributed by atoms with van der Waals surface area (Å²) in [5, 5.41) is 4.48. The van der Waals surface area contributed by atoms with Gasteiger partial charge in [-0.2, -0.15) is 0 Å². The number of rotatable bonds is 5. The lowest BCUT2D eigenvalue weighted by Gasteiger charge is -2.43. The Kier molecular flexibility index (Phi) is 5.60. The van der Waals surface area contributed by atoms with Crippen molar-refractivity contribution in [2.45, 2.75) is 16.7 Å². The lowest BCUT2D eigenvalue weighted by molar-refractivity contribution is 0.475. The lowest BCUT2D eigenvalue weighted by atomic mass is 9.60. The smallest absolute Gasteiger partial charge is 0.150 e. The maximum absolute atomic E-state index is 6.98. The highest BCUT2D eigenvalue weighted by molar-refractivity contribution is 7.95. The van der Waals surface area contributed by atoms with Crippen LogP contribution in [0.15, 0.2) is 150 Å². The molecule has 0 amide bonds. The molecule has 3 heteroatoms. The number of hydrogen-bond donors (Lipinski definition) is 0. The summed E-state index contributed by atoms with van der Waals surface area (Å²) in [5.41, 5.74) is 7.80. The third kappa shape index (κ3) is 3.82. The molecule has 0 aliphatic heterocycles. The lowest BCUT2D eigenvalue weighted by Crippen LogP contribution is -2.28. The Labute approximate surface area is 254 Å². The van der Waals surface area contributed by atoms with E-state index in [1.165, 1.54) is 56.2 Å². The zero-order valence-electron chi connectivity index (χ0n) is 23.2. The predicted octanol–water partition coefficient (Wildman–Crippen LogP) is 10.9. The van der Waals surface area contributed by atoms with Crippen LogP contribution in [0.4, 0.5) is 0 Å². The van der Waals surface area contributed by atoms with E-state index in [1.54, 1.807) is 0 Å². The largest absolute Gasteiger partial charge is 0.456 e. The quantitative estimate of drug-likeness (QED) is 0.151. The van der Waals surface area contributed by atoms with Crippen molar-refractivity contribution in [3.8, 4) is 17.2 Å². The second-order valence-corrected chi connectivity index (χ2v) is 12.1. The number of fused-ring (bicyclic) bond motifs is 2. The van der Waals surface area contributed by atoms with E-state index in [-0.39, 0.29) is 11.8 Å². The molecule has 7 aromatic carbocycles. The van der Waals surface area contributed by atoms with Crippen LogP contribution in [-0.2, 0) is 0 Å². The molecule has 2 nitrogen and oxygen atoms in total. The van der Waals surface area contributed by atoms with Crippen molar-refractivity contribution in [2.24, 2.45) is 0 Å². The molecule has 0 radical (unpaired) electrons. The van der Waals surface area contributed by atoms with Crippen LogP contribution in [-0.4, -0.2) is 0 Å². The molecule has 0 spiro atoms. The first-order chi connectivity index (χ1) is 21.3. The highest BCUT2D eigenvalue weighted by Gasteiger charge is 2.46. The minimum absolute atomic E-state index is 0.0334. The summed E-state index contributed by atoms with van der Waals surface area (Å²) in [4.78, 5) is 1.07. The van der Waals surface area contributed by atoms with Gasteiger partial charge in [-0.15, -0.1) is 0 Å². The highest BCUT2D eigenvalue weighted by atomic mass is 32.2. The first-order valence-corrected chi connectivity index (χ1v) is 15.4. The molecule has 0 fully saturated rings. The van der Waals surface area contributed by atoms with E-state index < -0.39 is 0 Å². The van der Waals surface area contributed by atoms with Crippen LogP contribution in [0.3, 0.4) is 0 Å². The second-order valence-electron chi connectivity index (χ2n) is 11.2. The molecule has 0 saturated carbocycles. The van der Waals surface area contributed by atoms with Crippen LogP contribution in [0.1, 0.15) is 45.2 Å². The molecule has 0 saturated heterocycles. The monoisotopic (exact) mass is 570 g/mol. The average Bonchev–Trinajstić information content (AvgIpc) is 3.08. The molecule has 3 aliphatic carbocycles. The first-order valence-electron chi connectivity index (χ1n) is 14.7. The molecule has 0 N–H and O–H groups in total. The Bertz CT molecular complexity index is 2120. The van der Waals surface area contributed by atoms with Crippen LogP contribution in [0.25, 0.3) is 21.5 Å². The van der Waals surface area contributed by atoms with Gasteiger partial charge in [-0.3, -0.25) is 0 Å². The number of benzene rings is 7. The number of hydrogen-bond acceptors (Lipinski definition) is 3. The van der Waals surface area contributed by atoms with Gasteiger partial charge in [-0.1, -0.05) is 109 Å². The van der Waals surface area contributed by atoms with Gasteiger partial charge in [-0.05, 0) is 69.4 Å². The molecule has 204 valence electrons. The SMILES string of the molecule is c1ccc(Oc2c3c(c(OSc4ccccc4)c4cc5ccccc5cc24)C2c4ccccc4C3c3ccccc32)cc1. The molecule has 7 aromatic rings. The van der Waals surface area contributed by atoms with Gasteiger partial charge in [0.25, 0.3) is 0 Å². The zero-order chi connectivity index (χ0) is 28.3. The fraction of sp³-hybridized carbons (Fsp3) is 0.0500. The van der Waals surface area contributed by atoms with Crippen molar-refractivity contribution in [3.63, 3.8) is 0 Å². The molecular formula is C40H26O2S. The van der Waals surface area contributed by atoms with E-state index in [4.69, 9.17) is 8.92 Å². The number of ether oxygens (including phenoxy) is 1. The van der Waals surface area contributed by atoms with Crippen molar-refractivity contribution >= 4 is 33.6 Å². The predicted molar refractivity (Wildman–Crippen MR) is 176 cm³/mol. The van der Waals surface area contributed by atoms with Gasteiger partial charge in [0.1, 0.15) is 17.2 Å². The summed E-state index contributed by atoms with van der Waals surface area (Å²) in [6.45, 7) is 0. The highest BCUT2D eigenvalue weighted by Crippen LogP contribution is 2.63. The Morgan fingerprint density at radius 1 is 0.442 bits per heavy atom. The van der Waals surface area contributed by atoms with E-state index in [9.17, 15) is 0 Å². The second kappa shape index (κ2) is 9.79. The van der Waals surface area contributed by atoms with Crippen molar-refractivity contribution < 1.29 is 8.92 Å². The van der Waals surface area contributed by atoms with Crippen molar-refractivity contribution in [1.29, 1.82) is 0 Å². The fourth-order valence-corrected chi connectivity index (χ4v) is 7.75. The summed E-state index contributed by atoms with van der Waals surface area (Å²) < 4.78 is 13.9. The molecule has 43 heavy (non-hydrogen) atoms. The van der Waals surface area contributed by atoms with E-state index in [0.29, 0.717) is 0 Å². The Balaban J connectivity index is 1.41. The maximum atomic E-state index is 6.98. The van der Waals surface area contributed by atoms with Crippen LogP contribution < -0.4 is 8.92 Å². The van der Waals surface area contributed by atoms with Gasteiger partial charge in [0, 0.05) is 38.6 Å². The molecular weight excluding hydrogens is 545 g/mol. The van der Waals surface area contributed by atoms with Gasteiger partial charge in [0.15, 0.2) is 0 Å². The van der Waals surface area contributed by atoms with Gasteiger partial charge >= 0.3 is 0 Å². The number of para-hydroxylation sites is 1. The topological polar surface area (TPSA) is 18.5 Å². The maximum Gasteiger partial charge on any atom is 0.150 e. The molecule has 3 aliphatic rings. The van der Waals surface area contributed by atoms with E-state index in [1.807, 2.05) is 36.4 Å².